The van der Waals surface area contributed by atoms with Crippen LogP contribution >= 0.6 is 11.3 Å². The molecule has 0 N–H and O–H groups in total. The minimum atomic E-state index is -3.47. The Hall–Kier alpha value is -1.70. The molecule has 3 rings (SSSR count). The Bertz CT molecular complexity index is 783. The van der Waals surface area contributed by atoms with Gasteiger partial charge in [0.05, 0.1) is 4.90 Å². The maximum atomic E-state index is 12.4. The average molecular weight is 337 g/mol. The number of carbonyl (C=O) groups excluding carboxylic acids is 1. The maximum Gasteiger partial charge on any atom is 0.315 e. The maximum absolute atomic E-state index is 12.4. The van der Waals surface area contributed by atoms with Crippen molar-refractivity contribution in [3.8, 4) is 0 Å². The summed E-state index contributed by atoms with van der Waals surface area (Å²) in [6.45, 7) is 0.302. The van der Waals surface area contributed by atoms with Crippen LogP contribution in [0.1, 0.15) is 16.4 Å². The van der Waals surface area contributed by atoms with Gasteiger partial charge in [-0.15, -0.1) is 11.3 Å². The first-order chi connectivity index (χ1) is 10.5. The van der Waals surface area contributed by atoms with Gasteiger partial charge in [0.15, 0.2) is 0 Å². The van der Waals surface area contributed by atoms with Gasteiger partial charge in [-0.25, -0.2) is 8.42 Å². The second-order valence-electron chi connectivity index (χ2n) is 5.08. The van der Waals surface area contributed by atoms with E-state index >= 15 is 0 Å². The third kappa shape index (κ3) is 2.67. The molecule has 1 aromatic heterocycles. The first-order valence-corrected chi connectivity index (χ1v) is 9.06. The first-order valence-electron chi connectivity index (χ1n) is 6.74. The predicted molar refractivity (Wildman–Crippen MR) is 83.1 cm³/mol. The van der Waals surface area contributed by atoms with Crippen LogP contribution in [0, 0.1) is 0 Å². The van der Waals surface area contributed by atoms with E-state index in [9.17, 15) is 13.2 Å². The predicted octanol–water partition coefficient (Wildman–Crippen LogP) is 2.21. The molecular formula is C15H15NO4S2. The molecule has 0 aliphatic carbocycles. The highest BCUT2D eigenvalue weighted by atomic mass is 32.2. The van der Waals surface area contributed by atoms with Gasteiger partial charge in [0, 0.05) is 18.5 Å². The van der Waals surface area contributed by atoms with Gasteiger partial charge in [0.2, 0.25) is 10.0 Å². The summed E-state index contributed by atoms with van der Waals surface area (Å²) >= 11 is 1.28. The van der Waals surface area contributed by atoms with Crippen LogP contribution in [-0.2, 0) is 26.2 Å². The highest BCUT2D eigenvalue weighted by Crippen LogP contribution is 2.37. The molecule has 2 heterocycles. The summed E-state index contributed by atoms with van der Waals surface area (Å²) < 4.78 is 30.9. The zero-order valence-electron chi connectivity index (χ0n) is 11.9. The minimum absolute atomic E-state index is 0.115. The van der Waals surface area contributed by atoms with Crippen molar-refractivity contribution in [2.45, 2.75) is 17.4 Å². The van der Waals surface area contributed by atoms with Gasteiger partial charge in [0.1, 0.15) is 12.5 Å². The van der Waals surface area contributed by atoms with Crippen LogP contribution in [0.3, 0.4) is 0 Å². The highest BCUT2D eigenvalue weighted by molar-refractivity contribution is 7.89. The van der Waals surface area contributed by atoms with Crippen LogP contribution in [0.15, 0.2) is 46.7 Å². The van der Waals surface area contributed by atoms with Crippen molar-refractivity contribution in [2.24, 2.45) is 0 Å². The van der Waals surface area contributed by atoms with E-state index in [1.807, 2.05) is 30.3 Å². The van der Waals surface area contributed by atoms with Gasteiger partial charge in [0.25, 0.3) is 0 Å². The number of rotatable bonds is 3. The van der Waals surface area contributed by atoms with Gasteiger partial charge in [-0.1, -0.05) is 30.3 Å². The normalized spacial score (nSPS) is 20.3. The Balaban J connectivity index is 1.79. The fourth-order valence-corrected chi connectivity index (χ4v) is 5.13. The quantitative estimate of drug-likeness (QED) is 0.806. The number of likely N-dealkylation sites (N-methyl/N-ethyl adjacent to an activating group) is 1. The SMILES string of the molecule is CN1CC(C(=O)OCc2ccccc2)c2sccc2S1(=O)=O. The molecule has 0 radical (unpaired) electrons. The van der Waals surface area contributed by atoms with Gasteiger partial charge < -0.3 is 4.74 Å². The van der Waals surface area contributed by atoms with E-state index in [4.69, 9.17) is 4.74 Å². The van der Waals surface area contributed by atoms with Crippen molar-refractivity contribution in [3.63, 3.8) is 0 Å². The topological polar surface area (TPSA) is 63.7 Å². The lowest BCUT2D eigenvalue weighted by Crippen LogP contribution is -2.39. The number of ether oxygens (including phenoxy) is 1. The number of hydrogen-bond acceptors (Lipinski definition) is 5. The first kappa shape index (κ1) is 15.2. The van der Waals surface area contributed by atoms with E-state index in [0.29, 0.717) is 4.88 Å². The second-order valence-corrected chi connectivity index (χ2v) is 8.04. The number of esters is 1. The summed E-state index contributed by atoms with van der Waals surface area (Å²) in [6.07, 6.45) is 0. The molecule has 1 unspecified atom stereocenters. The lowest BCUT2D eigenvalue weighted by Gasteiger charge is -2.28. The van der Waals surface area contributed by atoms with Crippen molar-refractivity contribution in [1.82, 2.24) is 4.31 Å². The summed E-state index contributed by atoms with van der Waals surface area (Å²) in [4.78, 5) is 13.1. The number of hydrogen-bond donors (Lipinski definition) is 0. The molecule has 1 aliphatic heterocycles. The third-order valence-electron chi connectivity index (χ3n) is 3.61. The third-order valence-corrected chi connectivity index (χ3v) is 6.65. The summed E-state index contributed by atoms with van der Waals surface area (Å²) in [7, 11) is -2.00. The number of carbonyl (C=O) groups is 1. The highest BCUT2D eigenvalue weighted by Gasteiger charge is 2.39. The minimum Gasteiger partial charge on any atom is -0.460 e. The van der Waals surface area contributed by atoms with Crippen LogP contribution in [-0.4, -0.2) is 32.3 Å². The summed E-state index contributed by atoms with van der Waals surface area (Å²) in [6, 6.07) is 10.9. The van der Waals surface area contributed by atoms with E-state index in [-0.39, 0.29) is 18.0 Å². The van der Waals surface area contributed by atoms with Crippen LogP contribution in [0.25, 0.3) is 0 Å². The Morgan fingerprint density at radius 3 is 2.77 bits per heavy atom. The number of nitrogens with zero attached hydrogens (tertiary/aromatic N) is 1. The molecule has 0 saturated carbocycles. The van der Waals surface area contributed by atoms with Crippen molar-refractivity contribution in [2.75, 3.05) is 13.6 Å². The molecule has 1 aromatic carbocycles. The molecule has 0 fully saturated rings. The monoisotopic (exact) mass is 337 g/mol. The van der Waals surface area contributed by atoms with E-state index in [1.54, 1.807) is 11.4 Å². The number of fused-ring (bicyclic) bond motifs is 1. The summed E-state index contributed by atoms with van der Waals surface area (Å²) in [5.74, 6) is -0.957. The average Bonchev–Trinajstić information content (AvgIpc) is 3.00. The van der Waals surface area contributed by atoms with Crippen LogP contribution in [0.2, 0.25) is 0 Å². The molecular weight excluding hydrogens is 322 g/mol. The molecule has 1 atom stereocenters. The molecule has 1 aliphatic rings. The molecule has 0 saturated heterocycles. The van der Waals surface area contributed by atoms with E-state index < -0.39 is 21.9 Å². The Morgan fingerprint density at radius 2 is 2.05 bits per heavy atom. The van der Waals surface area contributed by atoms with E-state index in [2.05, 4.69) is 0 Å². The zero-order chi connectivity index (χ0) is 15.7. The standard InChI is InChI=1S/C15H15NO4S2/c1-16-9-12(14-13(7-8-21-14)22(16,18)19)15(17)20-10-11-5-3-2-4-6-11/h2-8,12H,9-10H2,1H3. The lowest BCUT2D eigenvalue weighted by molar-refractivity contribution is -0.147. The van der Waals surface area contributed by atoms with Crippen LogP contribution in [0.4, 0.5) is 0 Å². The molecule has 0 bridgehead atoms. The lowest BCUT2D eigenvalue weighted by atomic mass is 10.1. The zero-order valence-corrected chi connectivity index (χ0v) is 13.6. The Kier molecular flexibility index (Phi) is 4.03. The largest absolute Gasteiger partial charge is 0.460 e. The van der Waals surface area contributed by atoms with Crippen molar-refractivity contribution >= 4 is 27.3 Å². The fraction of sp³-hybridized carbons (Fsp3) is 0.267. The summed E-state index contributed by atoms with van der Waals surface area (Å²) in [5, 5.41) is 1.69. The molecule has 5 nitrogen and oxygen atoms in total. The second kappa shape index (κ2) is 5.83. The van der Waals surface area contributed by atoms with E-state index in [1.165, 1.54) is 22.7 Å². The molecule has 7 heteroatoms. The van der Waals surface area contributed by atoms with Gasteiger partial charge >= 0.3 is 5.97 Å². The number of benzene rings is 1. The molecule has 116 valence electrons. The molecule has 0 amide bonds. The number of sulfonamides is 1. The van der Waals surface area contributed by atoms with Gasteiger partial charge in [-0.3, -0.25) is 4.79 Å². The Labute approximate surface area is 133 Å². The molecule has 0 spiro atoms. The summed E-state index contributed by atoms with van der Waals surface area (Å²) in [5.41, 5.74) is 0.902. The molecule has 2 aromatic rings. The van der Waals surface area contributed by atoms with Gasteiger partial charge in [-0.05, 0) is 17.0 Å². The van der Waals surface area contributed by atoms with Crippen molar-refractivity contribution in [1.29, 1.82) is 0 Å². The Morgan fingerprint density at radius 1 is 1.32 bits per heavy atom. The van der Waals surface area contributed by atoms with Crippen LogP contribution in [0.5, 0.6) is 0 Å². The smallest absolute Gasteiger partial charge is 0.315 e. The van der Waals surface area contributed by atoms with Gasteiger partial charge in [-0.2, -0.15) is 4.31 Å². The number of thiophene rings is 1. The van der Waals surface area contributed by atoms with Crippen molar-refractivity contribution < 1.29 is 17.9 Å². The molecule has 22 heavy (non-hydrogen) atoms. The fourth-order valence-electron chi connectivity index (χ4n) is 2.39. The van der Waals surface area contributed by atoms with E-state index in [0.717, 1.165) is 5.56 Å². The van der Waals surface area contributed by atoms with Crippen molar-refractivity contribution in [3.05, 3.63) is 52.2 Å². The van der Waals surface area contributed by atoms with Crippen LogP contribution < -0.4 is 0 Å².